The van der Waals surface area contributed by atoms with Crippen molar-refractivity contribution in [2.24, 2.45) is 12.8 Å². The van der Waals surface area contributed by atoms with Crippen LogP contribution >= 0.6 is 0 Å². The summed E-state index contributed by atoms with van der Waals surface area (Å²) in [7, 11) is 2.12. The maximum Gasteiger partial charge on any atom is 0.0541 e. The Balaban J connectivity index is 0.000000125. The van der Waals surface area contributed by atoms with Crippen LogP contribution in [0.15, 0.2) is 219 Å². The van der Waals surface area contributed by atoms with Crippen molar-refractivity contribution < 1.29 is 0 Å². The van der Waals surface area contributed by atoms with E-state index in [1.165, 1.54) is 88.3 Å². The van der Waals surface area contributed by atoms with E-state index in [9.17, 15) is 0 Å². The summed E-state index contributed by atoms with van der Waals surface area (Å²) in [5.41, 5.74) is 20.4. The van der Waals surface area contributed by atoms with Gasteiger partial charge in [0.05, 0.1) is 11.0 Å². The first-order valence-corrected chi connectivity index (χ1v) is 19.8. The number of allylic oxidation sites excluding steroid dienone is 3. The van der Waals surface area contributed by atoms with Gasteiger partial charge in [-0.3, -0.25) is 0 Å². The third-order valence-corrected chi connectivity index (χ3v) is 10.7. The highest BCUT2D eigenvalue weighted by Gasteiger charge is 2.11. The summed E-state index contributed by atoms with van der Waals surface area (Å²) in [6, 6.07) is 70.5. The van der Waals surface area contributed by atoms with Crippen molar-refractivity contribution in [3.8, 4) is 27.9 Å². The van der Waals surface area contributed by atoms with E-state index in [1.807, 2.05) is 24.3 Å². The van der Waals surface area contributed by atoms with Crippen LogP contribution < -0.4 is 5.73 Å². The van der Waals surface area contributed by atoms with Gasteiger partial charge in [0.25, 0.3) is 0 Å². The highest BCUT2D eigenvalue weighted by molar-refractivity contribution is 6.09. The van der Waals surface area contributed by atoms with Crippen molar-refractivity contribution >= 4 is 49.2 Å². The number of aromatic nitrogens is 2. The molecule has 10 aromatic rings. The van der Waals surface area contributed by atoms with Crippen molar-refractivity contribution in [1.82, 2.24) is 9.13 Å². The van der Waals surface area contributed by atoms with Gasteiger partial charge in [-0.25, -0.2) is 0 Å². The van der Waals surface area contributed by atoms with Crippen LogP contribution in [0.2, 0.25) is 0 Å². The Morgan fingerprint density at radius 2 is 0.897 bits per heavy atom. The van der Waals surface area contributed by atoms with Gasteiger partial charge in [0.2, 0.25) is 0 Å². The quantitative estimate of drug-likeness (QED) is 0.175. The van der Waals surface area contributed by atoms with Crippen LogP contribution in [0, 0.1) is 6.92 Å². The molecule has 0 fully saturated rings. The molecule has 2 aromatic heterocycles. The zero-order chi connectivity index (χ0) is 39.8. The normalized spacial score (nSPS) is 11.5. The second-order valence-corrected chi connectivity index (χ2v) is 14.6. The SMILES string of the molecule is C/C(=C\C=C/N)c1cc(-c2ccccc2)cc(-c2ccccc2)c1.Cc1ccc2c(c1)c1ccccc1n2C.c1ccc(-n2c3ccccc3c3ccccc32)cc1. The fourth-order valence-corrected chi connectivity index (χ4v) is 7.81. The summed E-state index contributed by atoms with van der Waals surface area (Å²) >= 11 is 0. The first kappa shape index (κ1) is 37.6. The van der Waals surface area contributed by atoms with E-state index in [0.717, 1.165) is 0 Å². The standard InChI is InChI=1S/C23H21N.C18H13N.C14H13N/c1-18(9-8-14-24)21-15-22(19-10-4-2-5-11-19)17-23(16-21)20-12-6-3-7-13-20;1-2-8-14(9-3-1)19-17-12-6-4-10-15(17)16-11-5-7-13-18(16)19;1-10-7-8-14-12(9-10)11-5-3-4-6-13(11)15(14)2/h2-17H,24H2,1H3;1-13H;3-9H,1-2H3/b14-8-,18-9+;;. The molecule has 0 aliphatic carbocycles. The van der Waals surface area contributed by atoms with E-state index < -0.39 is 0 Å². The first-order valence-electron chi connectivity index (χ1n) is 19.8. The smallest absolute Gasteiger partial charge is 0.0541 e. The van der Waals surface area contributed by atoms with Gasteiger partial charge in [-0.15, -0.1) is 0 Å². The van der Waals surface area contributed by atoms with Crippen LogP contribution in [0.4, 0.5) is 0 Å². The molecule has 0 amide bonds. The molecule has 3 nitrogen and oxygen atoms in total. The minimum atomic E-state index is 1.19. The molecule has 0 spiro atoms. The molecule has 10 rings (SSSR count). The van der Waals surface area contributed by atoms with Gasteiger partial charge in [-0.05, 0) is 120 Å². The zero-order valence-electron chi connectivity index (χ0n) is 33.3. The van der Waals surface area contributed by atoms with Crippen molar-refractivity contribution in [3.05, 3.63) is 230 Å². The van der Waals surface area contributed by atoms with Crippen LogP contribution in [-0.2, 0) is 7.05 Å². The number of aryl methyl sites for hydroxylation is 2. The summed E-state index contributed by atoms with van der Waals surface area (Å²) in [5, 5.41) is 5.32. The number of nitrogens with zero attached hydrogens (tertiary/aromatic N) is 2. The van der Waals surface area contributed by atoms with E-state index in [2.05, 4.69) is 218 Å². The van der Waals surface area contributed by atoms with E-state index >= 15 is 0 Å². The Bertz CT molecular complexity index is 2910. The van der Waals surface area contributed by atoms with Crippen molar-refractivity contribution in [3.63, 3.8) is 0 Å². The summed E-state index contributed by atoms with van der Waals surface area (Å²) < 4.78 is 4.58. The monoisotopic (exact) mass is 749 g/mol. The molecule has 0 bridgehead atoms. The van der Waals surface area contributed by atoms with Crippen LogP contribution in [-0.4, -0.2) is 9.13 Å². The summed E-state index contributed by atoms with van der Waals surface area (Å²) in [4.78, 5) is 0. The van der Waals surface area contributed by atoms with Crippen LogP contribution in [0.3, 0.4) is 0 Å². The first-order chi connectivity index (χ1) is 28.5. The molecule has 0 saturated heterocycles. The molecule has 0 saturated carbocycles. The Morgan fingerprint density at radius 3 is 1.43 bits per heavy atom. The predicted molar refractivity (Wildman–Crippen MR) is 250 cm³/mol. The molecule has 0 radical (unpaired) electrons. The fraction of sp³-hybridized carbons (Fsp3) is 0.0545. The minimum absolute atomic E-state index is 1.19. The Labute approximate surface area is 341 Å². The maximum atomic E-state index is 5.47. The molecule has 0 unspecified atom stereocenters. The van der Waals surface area contributed by atoms with Gasteiger partial charge in [-0.2, -0.15) is 0 Å². The van der Waals surface area contributed by atoms with E-state index in [1.54, 1.807) is 6.20 Å². The lowest BCUT2D eigenvalue weighted by atomic mass is 9.93. The predicted octanol–water partition coefficient (Wildman–Crippen LogP) is 14.3. The number of fused-ring (bicyclic) bond motifs is 6. The molecule has 8 aromatic carbocycles. The topological polar surface area (TPSA) is 35.9 Å². The highest BCUT2D eigenvalue weighted by Crippen LogP contribution is 2.33. The minimum Gasteiger partial charge on any atom is -0.405 e. The van der Waals surface area contributed by atoms with E-state index in [-0.39, 0.29) is 0 Å². The lowest BCUT2D eigenvalue weighted by Gasteiger charge is -2.11. The van der Waals surface area contributed by atoms with Gasteiger partial charge in [-0.1, -0.05) is 151 Å². The molecule has 2 heterocycles. The van der Waals surface area contributed by atoms with Crippen LogP contribution in [0.25, 0.3) is 77.1 Å². The number of hydrogen-bond donors (Lipinski definition) is 1. The van der Waals surface area contributed by atoms with Gasteiger partial charge < -0.3 is 14.9 Å². The van der Waals surface area contributed by atoms with Gasteiger partial charge in [0, 0.05) is 45.3 Å². The second kappa shape index (κ2) is 17.2. The Hall–Kier alpha value is -7.36. The molecular formula is C55H47N3. The molecule has 3 heteroatoms. The summed E-state index contributed by atoms with van der Waals surface area (Å²) in [6.45, 7) is 4.25. The molecule has 58 heavy (non-hydrogen) atoms. The third-order valence-electron chi connectivity index (χ3n) is 10.7. The van der Waals surface area contributed by atoms with Crippen molar-refractivity contribution in [2.45, 2.75) is 13.8 Å². The molecule has 0 atom stereocenters. The van der Waals surface area contributed by atoms with Crippen molar-refractivity contribution in [2.75, 3.05) is 0 Å². The highest BCUT2D eigenvalue weighted by atomic mass is 15.0. The lowest BCUT2D eigenvalue weighted by Crippen LogP contribution is -1.92. The molecular weight excluding hydrogens is 703 g/mol. The number of hydrogen-bond acceptors (Lipinski definition) is 1. The number of rotatable bonds is 5. The number of para-hydroxylation sites is 4. The lowest BCUT2D eigenvalue weighted by molar-refractivity contribution is 1.01. The number of benzene rings is 8. The number of nitrogens with two attached hydrogens (primary N) is 1. The average Bonchev–Trinajstić information content (AvgIpc) is 3.78. The third kappa shape index (κ3) is 7.84. The van der Waals surface area contributed by atoms with E-state index in [4.69, 9.17) is 5.73 Å². The van der Waals surface area contributed by atoms with Crippen LogP contribution in [0.5, 0.6) is 0 Å². The molecule has 0 aliphatic heterocycles. The van der Waals surface area contributed by atoms with Gasteiger partial charge >= 0.3 is 0 Å². The zero-order valence-corrected chi connectivity index (χ0v) is 33.3. The largest absolute Gasteiger partial charge is 0.405 e. The summed E-state index contributed by atoms with van der Waals surface area (Å²) in [5.74, 6) is 0. The maximum absolute atomic E-state index is 5.47. The van der Waals surface area contributed by atoms with Crippen LogP contribution in [0.1, 0.15) is 18.1 Å². The molecule has 0 aliphatic rings. The van der Waals surface area contributed by atoms with E-state index in [0.29, 0.717) is 0 Å². The fourth-order valence-electron chi connectivity index (χ4n) is 7.81. The Morgan fingerprint density at radius 1 is 0.448 bits per heavy atom. The second-order valence-electron chi connectivity index (χ2n) is 14.6. The molecule has 2 N–H and O–H groups in total. The average molecular weight is 750 g/mol. The van der Waals surface area contributed by atoms with Gasteiger partial charge in [0.1, 0.15) is 0 Å². The Kier molecular flexibility index (Phi) is 11.1. The van der Waals surface area contributed by atoms with Gasteiger partial charge in [0.15, 0.2) is 0 Å². The summed E-state index contributed by atoms with van der Waals surface area (Å²) in [6.07, 6.45) is 5.47. The molecule has 282 valence electrons. The van der Waals surface area contributed by atoms with Crippen molar-refractivity contribution in [1.29, 1.82) is 0 Å².